The monoisotopic (exact) mass is 284 g/mol. The van der Waals surface area contributed by atoms with E-state index in [1.165, 1.54) is 5.56 Å². The molecule has 0 aliphatic heterocycles. The molecule has 0 fully saturated rings. The van der Waals surface area contributed by atoms with E-state index in [-0.39, 0.29) is 6.42 Å². The van der Waals surface area contributed by atoms with Gasteiger partial charge in [0.2, 0.25) is 0 Å². The molecular weight excluding hydrogens is 264 g/mol. The number of aliphatic carboxylic acids is 1. The molecule has 0 heterocycles. The molecule has 1 aromatic carbocycles. The largest absolute Gasteiger partial charge is 0.494 e. The lowest BCUT2D eigenvalue weighted by Crippen LogP contribution is -2.08. The molecule has 0 aromatic heterocycles. The maximum Gasteiger partial charge on any atom is 0.303 e. The molecule has 0 spiro atoms. The lowest BCUT2D eigenvalue weighted by molar-refractivity contribution is -0.137. The highest BCUT2D eigenvalue weighted by Crippen LogP contribution is 2.11. The zero-order valence-electron chi connectivity index (χ0n) is 11.1. The van der Waals surface area contributed by atoms with E-state index in [9.17, 15) is 9.00 Å². The second kappa shape index (κ2) is 8.69. The fraction of sp³-hybridized carbons (Fsp3) is 0.500. The van der Waals surface area contributed by atoms with Crippen molar-refractivity contribution in [1.29, 1.82) is 0 Å². The van der Waals surface area contributed by atoms with E-state index in [1.807, 2.05) is 31.2 Å². The summed E-state index contributed by atoms with van der Waals surface area (Å²) in [5.74, 6) is 1.00. The van der Waals surface area contributed by atoms with E-state index in [1.54, 1.807) is 0 Å². The van der Waals surface area contributed by atoms with Crippen LogP contribution in [0.1, 0.15) is 24.8 Å². The van der Waals surface area contributed by atoms with Crippen molar-refractivity contribution in [3.63, 3.8) is 0 Å². The Balaban J connectivity index is 2.08. The molecule has 4 nitrogen and oxygen atoms in total. The quantitative estimate of drug-likeness (QED) is 0.707. The third-order valence-electron chi connectivity index (χ3n) is 2.57. The minimum absolute atomic E-state index is 0.0889. The van der Waals surface area contributed by atoms with Crippen LogP contribution in [0.2, 0.25) is 0 Å². The Hall–Kier alpha value is -1.36. The standard InChI is InChI=1S/C14H20O4S/c1-12-5-7-13(8-6-12)18-9-3-11-19(17)10-2-4-14(15)16/h5-8H,2-4,9-11H2,1H3,(H,15,16). The lowest BCUT2D eigenvalue weighted by atomic mass is 10.2. The number of carbonyl (C=O) groups is 1. The second-order valence-corrected chi connectivity index (χ2v) is 6.06. The molecular formula is C14H20O4S. The Morgan fingerprint density at radius 1 is 1.21 bits per heavy atom. The number of benzene rings is 1. The van der Waals surface area contributed by atoms with Crippen LogP contribution in [0.4, 0.5) is 0 Å². The Morgan fingerprint density at radius 2 is 1.84 bits per heavy atom. The summed E-state index contributed by atoms with van der Waals surface area (Å²) in [4.78, 5) is 10.3. The van der Waals surface area contributed by atoms with Gasteiger partial charge in [-0.05, 0) is 31.9 Å². The lowest BCUT2D eigenvalue weighted by Gasteiger charge is -2.06. The van der Waals surface area contributed by atoms with Crippen molar-refractivity contribution in [2.45, 2.75) is 26.2 Å². The third-order valence-corrected chi connectivity index (χ3v) is 4.06. The van der Waals surface area contributed by atoms with Gasteiger partial charge in [0, 0.05) is 28.7 Å². The number of carboxylic acids is 1. The number of hydrogen-bond donors (Lipinski definition) is 1. The summed E-state index contributed by atoms with van der Waals surface area (Å²) in [5.41, 5.74) is 1.19. The molecule has 5 heteroatoms. The van der Waals surface area contributed by atoms with Gasteiger partial charge in [0.1, 0.15) is 5.75 Å². The van der Waals surface area contributed by atoms with Crippen molar-refractivity contribution in [2.24, 2.45) is 0 Å². The van der Waals surface area contributed by atoms with E-state index < -0.39 is 16.8 Å². The molecule has 0 saturated heterocycles. The molecule has 1 N–H and O–H groups in total. The smallest absolute Gasteiger partial charge is 0.303 e. The molecule has 0 saturated carbocycles. The number of carboxylic acid groups (broad SMARTS) is 1. The molecule has 0 amide bonds. The fourth-order valence-corrected chi connectivity index (χ4v) is 2.64. The van der Waals surface area contributed by atoms with Gasteiger partial charge >= 0.3 is 5.97 Å². The van der Waals surface area contributed by atoms with Crippen molar-refractivity contribution >= 4 is 16.8 Å². The SMILES string of the molecule is Cc1ccc(OCCCS(=O)CCCC(=O)O)cc1. The summed E-state index contributed by atoms with van der Waals surface area (Å²) < 4.78 is 17.1. The highest BCUT2D eigenvalue weighted by molar-refractivity contribution is 7.84. The Bertz CT molecular complexity index is 414. The first-order chi connectivity index (χ1) is 9.08. The zero-order valence-corrected chi connectivity index (χ0v) is 11.9. The van der Waals surface area contributed by atoms with Gasteiger partial charge in [-0.15, -0.1) is 0 Å². The number of aryl methyl sites for hydroxylation is 1. The van der Waals surface area contributed by atoms with Crippen molar-refractivity contribution in [3.05, 3.63) is 29.8 Å². The second-order valence-electron chi connectivity index (χ2n) is 4.36. The van der Waals surface area contributed by atoms with Crippen LogP contribution in [0, 0.1) is 6.92 Å². The molecule has 0 aliphatic carbocycles. The summed E-state index contributed by atoms with van der Waals surface area (Å²) in [6.07, 6.45) is 1.28. The Labute approximate surface area is 116 Å². The van der Waals surface area contributed by atoms with E-state index in [0.717, 1.165) is 5.75 Å². The number of hydrogen-bond acceptors (Lipinski definition) is 3. The number of ether oxygens (including phenoxy) is 1. The van der Waals surface area contributed by atoms with Gasteiger partial charge in [0.15, 0.2) is 0 Å². The number of rotatable bonds is 9. The summed E-state index contributed by atoms with van der Waals surface area (Å²) in [6, 6.07) is 7.80. The van der Waals surface area contributed by atoms with E-state index >= 15 is 0 Å². The predicted octanol–water partition coefficient (Wildman–Crippen LogP) is 2.38. The highest BCUT2D eigenvalue weighted by Gasteiger charge is 2.03. The van der Waals surface area contributed by atoms with E-state index in [4.69, 9.17) is 9.84 Å². The predicted molar refractivity (Wildman–Crippen MR) is 76.0 cm³/mol. The first-order valence-electron chi connectivity index (χ1n) is 6.34. The minimum atomic E-state index is -0.941. The van der Waals surface area contributed by atoms with Gasteiger partial charge in [0.25, 0.3) is 0 Å². The summed E-state index contributed by atoms with van der Waals surface area (Å²) >= 11 is 0. The molecule has 1 aromatic rings. The van der Waals surface area contributed by atoms with Crippen molar-refractivity contribution in [1.82, 2.24) is 0 Å². The van der Waals surface area contributed by atoms with Crippen LogP contribution in [0.5, 0.6) is 5.75 Å². The zero-order chi connectivity index (χ0) is 14.1. The molecule has 19 heavy (non-hydrogen) atoms. The molecule has 106 valence electrons. The van der Waals surface area contributed by atoms with Gasteiger partial charge < -0.3 is 9.84 Å². The van der Waals surface area contributed by atoms with Crippen molar-refractivity contribution < 1.29 is 18.8 Å². The normalized spacial score (nSPS) is 12.1. The van der Waals surface area contributed by atoms with Crippen LogP contribution in [0.15, 0.2) is 24.3 Å². The Morgan fingerprint density at radius 3 is 2.47 bits per heavy atom. The first kappa shape index (κ1) is 15.7. The maximum absolute atomic E-state index is 11.5. The van der Waals surface area contributed by atoms with Crippen LogP contribution in [-0.2, 0) is 15.6 Å². The Kier molecular flexibility index (Phi) is 7.18. The maximum atomic E-state index is 11.5. The topological polar surface area (TPSA) is 63.6 Å². The van der Waals surface area contributed by atoms with Gasteiger partial charge in [-0.25, -0.2) is 0 Å². The van der Waals surface area contributed by atoms with Crippen LogP contribution in [-0.4, -0.2) is 33.4 Å². The summed E-state index contributed by atoms with van der Waals surface area (Å²) in [6.45, 7) is 2.55. The summed E-state index contributed by atoms with van der Waals surface area (Å²) in [7, 11) is -0.941. The average Bonchev–Trinajstić information content (AvgIpc) is 2.36. The van der Waals surface area contributed by atoms with Crippen molar-refractivity contribution in [3.8, 4) is 5.75 Å². The first-order valence-corrected chi connectivity index (χ1v) is 7.83. The average molecular weight is 284 g/mol. The van der Waals surface area contributed by atoms with E-state index in [2.05, 4.69) is 0 Å². The van der Waals surface area contributed by atoms with Crippen LogP contribution < -0.4 is 4.74 Å². The van der Waals surface area contributed by atoms with Gasteiger partial charge in [-0.1, -0.05) is 17.7 Å². The minimum Gasteiger partial charge on any atom is -0.494 e. The van der Waals surface area contributed by atoms with Crippen molar-refractivity contribution in [2.75, 3.05) is 18.1 Å². The molecule has 1 rings (SSSR count). The van der Waals surface area contributed by atoms with E-state index in [0.29, 0.717) is 31.0 Å². The highest BCUT2D eigenvalue weighted by atomic mass is 32.2. The molecule has 0 aliphatic rings. The molecule has 1 unspecified atom stereocenters. The van der Waals surface area contributed by atoms with Crippen LogP contribution in [0.25, 0.3) is 0 Å². The molecule has 1 atom stereocenters. The van der Waals surface area contributed by atoms with Crippen LogP contribution in [0.3, 0.4) is 0 Å². The van der Waals surface area contributed by atoms with Gasteiger partial charge in [0.05, 0.1) is 6.61 Å². The van der Waals surface area contributed by atoms with Crippen LogP contribution >= 0.6 is 0 Å². The third kappa shape index (κ3) is 7.62. The molecule has 0 radical (unpaired) electrons. The summed E-state index contributed by atoms with van der Waals surface area (Å²) in [5, 5.41) is 8.47. The fourth-order valence-electron chi connectivity index (χ4n) is 1.53. The van der Waals surface area contributed by atoms with Gasteiger partial charge in [-0.2, -0.15) is 0 Å². The molecule has 0 bridgehead atoms. The van der Waals surface area contributed by atoms with Gasteiger partial charge in [-0.3, -0.25) is 9.00 Å².